The molecule has 1 aliphatic heterocycles. The van der Waals surface area contributed by atoms with E-state index in [9.17, 15) is 24.0 Å². The van der Waals surface area contributed by atoms with Crippen molar-refractivity contribution in [1.29, 1.82) is 0 Å². The van der Waals surface area contributed by atoms with Crippen LogP contribution in [0.3, 0.4) is 0 Å². The molecule has 10 nitrogen and oxygen atoms in total. The molecule has 2 N–H and O–H groups in total. The van der Waals surface area contributed by atoms with Gasteiger partial charge in [-0.25, -0.2) is 4.79 Å². The zero-order valence-corrected chi connectivity index (χ0v) is 21.9. The number of carbonyl (C=O) groups is 5. The molecule has 0 aromatic rings. The first-order chi connectivity index (χ1) is 17.9. The molecule has 0 aromatic carbocycles. The zero-order chi connectivity index (χ0) is 28.1. The number of cyclic esters (lactones) is 1. The minimum absolute atomic E-state index is 0.0804. The van der Waals surface area contributed by atoms with E-state index in [1.165, 1.54) is 0 Å². The molecule has 3 rings (SSSR count). The second-order valence-electron chi connectivity index (χ2n) is 10.8. The largest absolute Gasteiger partial charge is 0.481 e. The maximum absolute atomic E-state index is 12.5. The summed E-state index contributed by atoms with van der Waals surface area (Å²) in [6.45, 7) is 8.49. The third-order valence-corrected chi connectivity index (χ3v) is 8.30. The lowest BCUT2D eigenvalue weighted by Crippen LogP contribution is -2.58. The molecule has 0 bridgehead atoms. The monoisotopic (exact) mass is 532 g/mol. The fourth-order valence-corrected chi connectivity index (χ4v) is 6.30. The van der Waals surface area contributed by atoms with Crippen LogP contribution in [0, 0.1) is 22.7 Å². The minimum atomic E-state index is -1.11. The number of allylic oxidation sites excluding steroid dienone is 2. The molecule has 2 saturated carbocycles. The van der Waals surface area contributed by atoms with Crippen molar-refractivity contribution in [2.24, 2.45) is 22.7 Å². The molecule has 10 heteroatoms. The number of hydrogen-bond donors (Lipinski definition) is 2. The fraction of sp³-hybridized carbons (Fsp3) is 0.607. The molecule has 208 valence electrons. The molecule has 5 atom stereocenters. The Morgan fingerprint density at radius 3 is 2.34 bits per heavy atom. The van der Waals surface area contributed by atoms with Gasteiger partial charge in [-0.2, -0.15) is 0 Å². The Morgan fingerprint density at radius 2 is 1.74 bits per heavy atom. The summed E-state index contributed by atoms with van der Waals surface area (Å²) >= 11 is 0. The van der Waals surface area contributed by atoms with Gasteiger partial charge in [-0.1, -0.05) is 38.2 Å². The molecule has 1 heterocycles. The van der Waals surface area contributed by atoms with Crippen molar-refractivity contribution in [2.75, 3.05) is 13.2 Å². The van der Waals surface area contributed by atoms with Gasteiger partial charge in [-0.15, -0.1) is 0 Å². The molecular formula is C28H36O10. The Hall–Kier alpha value is -3.43. The van der Waals surface area contributed by atoms with Crippen LogP contribution in [0.4, 0.5) is 0 Å². The highest BCUT2D eigenvalue weighted by molar-refractivity contribution is 5.93. The van der Waals surface area contributed by atoms with Crippen molar-refractivity contribution in [3.63, 3.8) is 0 Å². The first-order valence-electron chi connectivity index (χ1n) is 12.9. The molecule has 2 aliphatic carbocycles. The molecule has 2 fully saturated rings. The number of carboxylic acid groups (broad SMARTS) is 2. The van der Waals surface area contributed by atoms with Gasteiger partial charge < -0.3 is 24.4 Å². The number of fused-ring (bicyclic) bond motifs is 1. The van der Waals surface area contributed by atoms with Gasteiger partial charge in [-0.3, -0.25) is 19.2 Å². The van der Waals surface area contributed by atoms with Crippen molar-refractivity contribution < 1.29 is 48.4 Å². The summed E-state index contributed by atoms with van der Waals surface area (Å²) < 4.78 is 16.4. The summed E-state index contributed by atoms with van der Waals surface area (Å²) in [6, 6.07) is 0. The van der Waals surface area contributed by atoms with E-state index < -0.39 is 35.4 Å². The molecule has 0 saturated heterocycles. The quantitative estimate of drug-likeness (QED) is 0.229. The van der Waals surface area contributed by atoms with Crippen LogP contribution >= 0.6 is 0 Å². The number of esters is 3. The summed E-state index contributed by atoms with van der Waals surface area (Å²) in [5.74, 6) is -4.05. The van der Waals surface area contributed by atoms with Crippen LogP contribution in [-0.2, 0) is 38.2 Å². The van der Waals surface area contributed by atoms with E-state index in [0.717, 1.165) is 5.57 Å². The average molecular weight is 533 g/mol. The first-order valence-corrected chi connectivity index (χ1v) is 12.9. The van der Waals surface area contributed by atoms with E-state index in [1.807, 2.05) is 13.0 Å². The predicted octanol–water partition coefficient (Wildman–Crippen LogP) is 3.60. The number of ether oxygens (including phenoxy) is 3. The highest BCUT2D eigenvalue weighted by Crippen LogP contribution is 2.62. The van der Waals surface area contributed by atoms with Gasteiger partial charge in [0.15, 0.2) is 0 Å². The lowest BCUT2D eigenvalue weighted by atomic mass is 9.46. The highest BCUT2D eigenvalue weighted by Gasteiger charge is 2.59. The van der Waals surface area contributed by atoms with Crippen molar-refractivity contribution in [3.05, 3.63) is 36.0 Å². The highest BCUT2D eigenvalue weighted by atomic mass is 16.6. The summed E-state index contributed by atoms with van der Waals surface area (Å²) in [5, 5.41) is 17.8. The van der Waals surface area contributed by atoms with Crippen LogP contribution in [0.1, 0.15) is 65.2 Å². The number of aliphatic carboxylic acids is 2. The molecule has 0 spiro atoms. The second-order valence-corrected chi connectivity index (χ2v) is 10.8. The van der Waals surface area contributed by atoms with Crippen LogP contribution < -0.4 is 0 Å². The van der Waals surface area contributed by atoms with Gasteiger partial charge in [0.05, 0.1) is 31.3 Å². The van der Waals surface area contributed by atoms with E-state index in [1.54, 1.807) is 12.2 Å². The lowest BCUT2D eigenvalue weighted by molar-refractivity contribution is -0.192. The molecule has 0 radical (unpaired) electrons. The van der Waals surface area contributed by atoms with Gasteiger partial charge in [0.1, 0.15) is 19.3 Å². The van der Waals surface area contributed by atoms with E-state index >= 15 is 0 Å². The van der Waals surface area contributed by atoms with E-state index in [4.69, 9.17) is 24.4 Å². The second kappa shape index (κ2) is 12.0. The van der Waals surface area contributed by atoms with Gasteiger partial charge in [0.2, 0.25) is 0 Å². The van der Waals surface area contributed by atoms with Crippen molar-refractivity contribution >= 4 is 29.8 Å². The summed E-state index contributed by atoms with van der Waals surface area (Å²) in [6.07, 6.45) is 6.10. The minimum Gasteiger partial charge on any atom is -0.481 e. The summed E-state index contributed by atoms with van der Waals surface area (Å²) in [4.78, 5) is 58.6. The Morgan fingerprint density at radius 1 is 1.08 bits per heavy atom. The molecule has 0 amide bonds. The van der Waals surface area contributed by atoms with Crippen LogP contribution in [-0.4, -0.2) is 59.4 Å². The Kier molecular flexibility index (Phi) is 9.17. The van der Waals surface area contributed by atoms with E-state index in [2.05, 4.69) is 13.5 Å². The van der Waals surface area contributed by atoms with Crippen molar-refractivity contribution in [2.45, 2.75) is 71.3 Å². The molecule has 0 aromatic heterocycles. The topological polar surface area (TPSA) is 154 Å². The summed E-state index contributed by atoms with van der Waals surface area (Å²) in [7, 11) is 0. The lowest BCUT2D eigenvalue weighted by Gasteiger charge is -2.59. The summed E-state index contributed by atoms with van der Waals surface area (Å²) in [5.41, 5.74) is 0.328. The number of carboxylic acids is 2. The fourth-order valence-electron chi connectivity index (χ4n) is 6.30. The maximum Gasteiger partial charge on any atom is 0.338 e. The Balaban J connectivity index is 1.88. The van der Waals surface area contributed by atoms with Gasteiger partial charge in [0.25, 0.3) is 0 Å². The maximum atomic E-state index is 12.5. The van der Waals surface area contributed by atoms with Gasteiger partial charge >= 0.3 is 29.8 Å². The van der Waals surface area contributed by atoms with Crippen LogP contribution in [0.25, 0.3) is 0 Å². The number of carbonyl (C=O) groups excluding carboxylic acids is 3. The first kappa shape index (κ1) is 29.1. The van der Waals surface area contributed by atoms with Gasteiger partial charge in [0, 0.05) is 11.3 Å². The van der Waals surface area contributed by atoms with Crippen LogP contribution in [0.5, 0.6) is 0 Å². The standard InChI is InChI=1S/C28H36O10/c1-17-4-7-20-27(2,19(17)6-5-18-13-15-36-26(18)35)14-12-21(38-25(34)11-9-23(31)32)28(20,3)16-37-24(33)10-8-22(29)30/h5-6,13,19-21H,1,4,7-12,14-16H2,2-3H3,(H,29,30)(H,31,32)/b6-5+/t19-,20+,21-,27+,28?/m1/s1. The van der Waals surface area contributed by atoms with Crippen LogP contribution in [0.15, 0.2) is 36.0 Å². The number of hydrogen-bond acceptors (Lipinski definition) is 8. The number of rotatable bonds is 11. The predicted molar refractivity (Wildman–Crippen MR) is 134 cm³/mol. The van der Waals surface area contributed by atoms with E-state index in [-0.39, 0.29) is 62.1 Å². The molecular weight excluding hydrogens is 496 g/mol. The van der Waals surface area contributed by atoms with Crippen LogP contribution in [0.2, 0.25) is 0 Å². The SMILES string of the molecule is C=C1CC[C@@H]2C(C)(COC(=O)CCC(=O)O)[C@H](OC(=O)CCC(=O)O)CC[C@@]2(C)[C@@H]1/C=C/C1=CCOC1=O. The Labute approximate surface area is 221 Å². The van der Waals surface area contributed by atoms with Gasteiger partial charge in [-0.05, 0) is 43.1 Å². The average Bonchev–Trinajstić information content (AvgIpc) is 3.26. The molecule has 3 aliphatic rings. The third kappa shape index (κ3) is 6.52. The normalized spacial score (nSPS) is 30.8. The smallest absolute Gasteiger partial charge is 0.338 e. The van der Waals surface area contributed by atoms with Crippen molar-refractivity contribution in [1.82, 2.24) is 0 Å². The Bertz CT molecular complexity index is 1060. The van der Waals surface area contributed by atoms with E-state index in [0.29, 0.717) is 31.3 Å². The molecule has 38 heavy (non-hydrogen) atoms. The molecule has 1 unspecified atom stereocenters. The third-order valence-electron chi connectivity index (χ3n) is 8.30. The van der Waals surface area contributed by atoms with Crippen molar-refractivity contribution in [3.8, 4) is 0 Å². The zero-order valence-electron chi connectivity index (χ0n) is 21.9.